The number of carbonyl (C=O) groups is 1. The fourth-order valence-electron chi connectivity index (χ4n) is 3.39. The first kappa shape index (κ1) is 21.8. The molecule has 0 saturated heterocycles. The third-order valence-corrected chi connectivity index (χ3v) is 6.20. The molecule has 0 saturated carbocycles. The van der Waals surface area contributed by atoms with Gasteiger partial charge in [0.2, 0.25) is 0 Å². The Morgan fingerprint density at radius 2 is 1.97 bits per heavy atom. The second kappa shape index (κ2) is 9.71. The Kier molecular flexibility index (Phi) is 7.04. The number of halogens is 1. The van der Waals surface area contributed by atoms with E-state index < -0.39 is 5.92 Å². The molecule has 0 aliphatic carbocycles. The van der Waals surface area contributed by atoms with E-state index >= 15 is 0 Å². The van der Waals surface area contributed by atoms with E-state index in [1.807, 2.05) is 56.3 Å². The summed E-state index contributed by atoms with van der Waals surface area (Å²) in [5.41, 5.74) is 4.05. The van der Waals surface area contributed by atoms with Crippen LogP contribution in [0.1, 0.15) is 24.0 Å². The van der Waals surface area contributed by atoms with Crippen molar-refractivity contribution in [1.29, 1.82) is 5.26 Å². The van der Waals surface area contributed by atoms with Gasteiger partial charge in [0.15, 0.2) is 0 Å². The largest absolute Gasteiger partial charge is 0.353 e. The van der Waals surface area contributed by atoms with Crippen LogP contribution in [0.2, 0.25) is 5.02 Å². The molecule has 2 aromatic rings. The summed E-state index contributed by atoms with van der Waals surface area (Å²) in [6.45, 7) is 7.54. The number of thioether (sulfide) groups is 1. The number of nitriles is 1. The Hall–Kier alpha value is -2.94. The Balaban J connectivity index is 2.11. The molecule has 2 aromatic carbocycles. The lowest BCUT2D eigenvalue weighted by molar-refractivity contribution is -0.113. The molecule has 0 spiro atoms. The first-order chi connectivity index (χ1) is 14.5. The summed E-state index contributed by atoms with van der Waals surface area (Å²) >= 11 is 7.98. The first-order valence-electron chi connectivity index (χ1n) is 9.45. The average Bonchev–Trinajstić information content (AvgIpc) is 2.73. The zero-order valence-electron chi connectivity index (χ0n) is 16.8. The molecule has 4 nitrogen and oxygen atoms in total. The zero-order valence-corrected chi connectivity index (χ0v) is 18.4. The van der Waals surface area contributed by atoms with E-state index in [9.17, 15) is 10.1 Å². The van der Waals surface area contributed by atoms with Crippen LogP contribution < -0.4 is 10.6 Å². The lowest BCUT2D eigenvalue weighted by Gasteiger charge is -2.30. The van der Waals surface area contributed by atoms with Crippen LogP contribution in [-0.4, -0.2) is 11.7 Å². The minimum absolute atomic E-state index is 0.264. The van der Waals surface area contributed by atoms with Gasteiger partial charge >= 0.3 is 0 Å². The van der Waals surface area contributed by atoms with Gasteiger partial charge in [0, 0.05) is 27.7 Å². The van der Waals surface area contributed by atoms with E-state index in [-0.39, 0.29) is 5.91 Å². The summed E-state index contributed by atoms with van der Waals surface area (Å²) in [7, 11) is 0. The number of anilines is 1. The van der Waals surface area contributed by atoms with Gasteiger partial charge in [0.1, 0.15) is 0 Å². The fraction of sp³-hybridized carbons (Fsp3) is 0.167. The van der Waals surface area contributed by atoms with Crippen molar-refractivity contribution in [2.24, 2.45) is 0 Å². The van der Waals surface area contributed by atoms with Gasteiger partial charge in [-0.15, -0.1) is 18.3 Å². The molecule has 2 N–H and O–H groups in total. The van der Waals surface area contributed by atoms with Crippen molar-refractivity contribution in [3.8, 4) is 6.07 Å². The highest BCUT2D eigenvalue weighted by atomic mass is 35.5. The van der Waals surface area contributed by atoms with Crippen molar-refractivity contribution in [2.45, 2.75) is 19.8 Å². The van der Waals surface area contributed by atoms with Crippen molar-refractivity contribution in [3.05, 3.63) is 99.2 Å². The number of amides is 1. The van der Waals surface area contributed by atoms with Gasteiger partial charge in [0.05, 0.1) is 22.6 Å². The highest BCUT2D eigenvalue weighted by molar-refractivity contribution is 8.03. The van der Waals surface area contributed by atoms with Crippen molar-refractivity contribution in [2.75, 3.05) is 11.1 Å². The smallest absolute Gasteiger partial charge is 0.254 e. The monoisotopic (exact) mass is 435 g/mol. The summed E-state index contributed by atoms with van der Waals surface area (Å²) in [6, 6.07) is 17.2. The first-order valence-corrected chi connectivity index (χ1v) is 10.8. The Bertz CT molecular complexity index is 1100. The molecule has 1 unspecified atom stereocenters. The molecule has 3 rings (SSSR count). The van der Waals surface area contributed by atoms with Gasteiger partial charge in [-0.1, -0.05) is 54.1 Å². The van der Waals surface area contributed by atoms with Crippen LogP contribution in [0.25, 0.3) is 0 Å². The minimum Gasteiger partial charge on any atom is -0.353 e. The molecule has 1 aliphatic heterocycles. The molecule has 152 valence electrons. The molecular formula is C24H22ClN3OS. The number of dihydropyridines is 1. The third-order valence-electron chi connectivity index (χ3n) is 4.85. The predicted molar refractivity (Wildman–Crippen MR) is 125 cm³/mol. The van der Waals surface area contributed by atoms with Gasteiger partial charge in [-0.3, -0.25) is 4.79 Å². The lowest BCUT2D eigenvalue weighted by atomic mass is 9.82. The van der Waals surface area contributed by atoms with Gasteiger partial charge in [0.25, 0.3) is 5.91 Å². The quantitative estimate of drug-likeness (QED) is 0.554. The predicted octanol–water partition coefficient (Wildman–Crippen LogP) is 5.90. The fourth-order valence-corrected chi connectivity index (χ4v) is 4.47. The number of rotatable bonds is 6. The Labute approximate surface area is 186 Å². The van der Waals surface area contributed by atoms with E-state index in [0.717, 1.165) is 16.8 Å². The van der Waals surface area contributed by atoms with Crippen LogP contribution >= 0.6 is 23.4 Å². The maximum atomic E-state index is 13.4. The number of hydrogen-bond acceptors (Lipinski definition) is 4. The number of aryl methyl sites for hydroxylation is 1. The summed E-state index contributed by atoms with van der Waals surface area (Å²) < 4.78 is 0. The van der Waals surface area contributed by atoms with E-state index in [0.29, 0.717) is 32.6 Å². The van der Waals surface area contributed by atoms with Gasteiger partial charge in [-0.25, -0.2) is 0 Å². The highest BCUT2D eigenvalue weighted by Crippen LogP contribution is 2.43. The van der Waals surface area contributed by atoms with Crippen LogP contribution in [0.5, 0.6) is 0 Å². The lowest BCUT2D eigenvalue weighted by Crippen LogP contribution is -2.31. The van der Waals surface area contributed by atoms with E-state index in [2.05, 4.69) is 23.3 Å². The van der Waals surface area contributed by atoms with Gasteiger partial charge in [-0.05, 0) is 37.1 Å². The summed E-state index contributed by atoms with van der Waals surface area (Å²) in [5, 5.41) is 17.5. The number of nitrogens with one attached hydrogen (secondary N) is 2. The number of hydrogen-bond donors (Lipinski definition) is 2. The molecule has 0 aromatic heterocycles. The van der Waals surface area contributed by atoms with E-state index in [4.69, 9.17) is 11.6 Å². The van der Waals surface area contributed by atoms with E-state index in [1.165, 1.54) is 11.8 Å². The maximum absolute atomic E-state index is 13.4. The Morgan fingerprint density at radius 3 is 2.63 bits per heavy atom. The van der Waals surface area contributed by atoms with Crippen LogP contribution in [0.3, 0.4) is 0 Å². The van der Waals surface area contributed by atoms with Crippen molar-refractivity contribution in [1.82, 2.24) is 5.32 Å². The number of benzene rings is 2. The molecule has 1 heterocycles. The minimum atomic E-state index is -0.568. The number of allylic oxidation sites excluding steroid dienone is 2. The standard InChI is InChI=1S/C24H22ClN3OS/c1-4-13-30-24-18(14-26)22(17-10-6-7-11-19(17)25)21(16(3)27-24)23(29)28-20-12-8-5-9-15(20)2/h4-12,22,27H,1,13H2,2-3H3,(H,28,29). The second-order valence-electron chi connectivity index (χ2n) is 6.84. The van der Waals surface area contributed by atoms with Crippen LogP contribution in [-0.2, 0) is 4.79 Å². The number of carbonyl (C=O) groups excluding carboxylic acids is 1. The summed E-state index contributed by atoms with van der Waals surface area (Å²) in [5.74, 6) is -0.193. The normalized spacial score (nSPS) is 16.0. The number of para-hydroxylation sites is 1. The molecule has 1 amide bonds. The molecule has 1 aliphatic rings. The molecule has 0 bridgehead atoms. The highest BCUT2D eigenvalue weighted by Gasteiger charge is 2.35. The van der Waals surface area contributed by atoms with Crippen LogP contribution in [0.4, 0.5) is 5.69 Å². The second-order valence-corrected chi connectivity index (χ2v) is 8.28. The SMILES string of the molecule is C=CCSC1=C(C#N)C(c2ccccc2Cl)C(C(=O)Nc2ccccc2C)=C(C)N1. The van der Waals surface area contributed by atoms with Crippen LogP contribution in [0, 0.1) is 18.3 Å². The molecule has 0 fully saturated rings. The van der Waals surface area contributed by atoms with Crippen LogP contribution in [0.15, 0.2) is 83.1 Å². The van der Waals surface area contributed by atoms with Crippen molar-refractivity contribution in [3.63, 3.8) is 0 Å². The molecular weight excluding hydrogens is 414 g/mol. The summed E-state index contributed by atoms with van der Waals surface area (Å²) in [6.07, 6.45) is 1.78. The molecule has 30 heavy (non-hydrogen) atoms. The zero-order chi connectivity index (χ0) is 21.7. The van der Waals surface area contributed by atoms with Crippen molar-refractivity contribution < 1.29 is 4.79 Å². The number of nitrogens with zero attached hydrogens (tertiary/aromatic N) is 1. The topological polar surface area (TPSA) is 64.9 Å². The van der Waals surface area contributed by atoms with Crippen molar-refractivity contribution >= 4 is 35.0 Å². The average molecular weight is 436 g/mol. The van der Waals surface area contributed by atoms with E-state index in [1.54, 1.807) is 12.1 Å². The maximum Gasteiger partial charge on any atom is 0.254 e. The third kappa shape index (κ3) is 4.46. The Morgan fingerprint density at radius 1 is 1.27 bits per heavy atom. The van der Waals surface area contributed by atoms with Gasteiger partial charge in [-0.2, -0.15) is 5.26 Å². The van der Waals surface area contributed by atoms with Gasteiger partial charge < -0.3 is 10.6 Å². The molecule has 6 heteroatoms. The molecule has 1 atom stereocenters. The summed E-state index contributed by atoms with van der Waals surface area (Å²) in [4.78, 5) is 13.4. The molecule has 0 radical (unpaired) electrons.